The summed E-state index contributed by atoms with van der Waals surface area (Å²) in [6.07, 6.45) is 1.69. The zero-order valence-electron chi connectivity index (χ0n) is 17.5. The molecule has 0 aliphatic rings. The van der Waals surface area contributed by atoms with Crippen molar-refractivity contribution in [1.82, 2.24) is 20.1 Å². The smallest absolute Gasteiger partial charge is 0.251 e. The van der Waals surface area contributed by atoms with Crippen molar-refractivity contribution in [3.05, 3.63) is 81.6 Å². The van der Waals surface area contributed by atoms with Gasteiger partial charge in [0.25, 0.3) is 5.91 Å². The predicted octanol–water partition coefficient (Wildman–Crippen LogP) is 5.65. The van der Waals surface area contributed by atoms with Gasteiger partial charge in [-0.2, -0.15) is 0 Å². The van der Waals surface area contributed by atoms with Crippen LogP contribution < -0.4 is 10.6 Å². The maximum Gasteiger partial charge on any atom is 0.251 e. The third-order valence-corrected chi connectivity index (χ3v) is 6.18. The number of benzene rings is 2. The molecule has 2 N–H and O–H groups in total. The molecule has 1 atom stereocenters. The van der Waals surface area contributed by atoms with Gasteiger partial charge in [-0.15, -0.1) is 16.8 Å². The van der Waals surface area contributed by atoms with Crippen LogP contribution in [0.3, 0.4) is 0 Å². The minimum Gasteiger partial charge on any atom is -0.342 e. The second kappa shape index (κ2) is 11.6. The lowest BCUT2D eigenvalue weighted by atomic mass is 10.2. The molecule has 7 nitrogen and oxygen atoms in total. The SMILES string of the molecule is C=CCn1c(SCC(=O)Nc2cc(Cl)ccc2Cl)nnc1C(C)NC(=O)c1cccc(Cl)c1. The average molecular weight is 525 g/mol. The predicted molar refractivity (Wildman–Crippen MR) is 133 cm³/mol. The van der Waals surface area contributed by atoms with Crippen LogP contribution in [0.4, 0.5) is 5.69 Å². The van der Waals surface area contributed by atoms with Gasteiger partial charge in [0, 0.05) is 22.2 Å². The van der Waals surface area contributed by atoms with E-state index >= 15 is 0 Å². The fourth-order valence-corrected chi connectivity index (χ4v) is 4.19. The molecule has 3 rings (SSSR count). The molecule has 3 aromatic rings. The lowest BCUT2D eigenvalue weighted by Gasteiger charge is -2.15. The van der Waals surface area contributed by atoms with Crippen LogP contribution >= 0.6 is 46.6 Å². The van der Waals surface area contributed by atoms with E-state index in [-0.39, 0.29) is 17.6 Å². The van der Waals surface area contributed by atoms with Crippen molar-refractivity contribution >= 4 is 64.1 Å². The Kier molecular flexibility index (Phi) is 8.80. The van der Waals surface area contributed by atoms with Crippen LogP contribution in [0.15, 0.2) is 60.3 Å². The summed E-state index contributed by atoms with van der Waals surface area (Å²) < 4.78 is 1.79. The van der Waals surface area contributed by atoms with Crippen molar-refractivity contribution in [2.45, 2.75) is 24.7 Å². The van der Waals surface area contributed by atoms with Crippen molar-refractivity contribution < 1.29 is 9.59 Å². The normalized spacial score (nSPS) is 11.6. The van der Waals surface area contributed by atoms with E-state index in [0.717, 1.165) is 0 Å². The first-order valence-corrected chi connectivity index (χ1v) is 11.9. The van der Waals surface area contributed by atoms with Gasteiger partial charge >= 0.3 is 0 Å². The molecule has 1 unspecified atom stereocenters. The number of halogens is 3. The lowest BCUT2D eigenvalue weighted by molar-refractivity contribution is -0.113. The first-order chi connectivity index (χ1) is 15.8. The molecule has 1 aromatic heterocycles. The second-order valence-corrected chi connectivity index (χ2v) is 9.13. The van der Waals surface area contributed by atoms with E-state index < -0.39 is 6.04 Å². The molecule has 0 saturated carbocycles. The van der Waals surface area contributed by atoms with Crippen molar-refractivity contribution in [3.63, 3.8) is 0 Å². The van der Waals surface area contributed by atoms with E-state index in [0.29, 0.717) is 43.8 Å². The third-order valence-electron chi connectivity index (χ3n) is 4.41. The van der Waals surface area contributed by atoms with Crippen LogP contribution in [-0.2, 0) is 11.3 Å². The van der Waals surface area contributed by atoms with Crippen LogP contribution in [0.5, 0.6) is 0 Å². The van der Waals surface area contributed by atoms with Gasteiger partial charge in [0.15, 0.2) is 11.0 Å². The molecule has 0 bridgehead atoms. The number of anilines is 1. The van der Waals surface area contributed by atoms with Crippen molar-refractivity contribution in [3.8, 4) is 0 Å². The monoisotopic (exact) mass is 523 g/mol. The molecule has 0 spiro atoms. The number of hydrogen-bond acceptors (Lipinski definition) is 5. The molecule has 11 heteroatoms. The molecule has 0 fully saturated rings. The molecule has 2 amide bonds. The quantitative estimate of drug-likeness (QED) is 0.279. The first-order valence-electron chi connectivity index (χ1n) is 9.76. The van der Waals surface area contributed by atoms with Gasteiger partial charge in [-0.25, -0.2) is 0 Å². The number of nitrogens with one attached hydrogen (secondary N) is 2. The topological polar surface area (TPSA) is 88.9 Å². The zero-order valence-corrected chi connectivity index (χ0v) is 20.6. The zero-order chi connectivity index (χ0) is 24.0. The second-order valence-electron chi connectivity index (χ2n) is 6.91. The highest BCUT2D eigenvalue weighted by Gasteiger charge is 2.20. The molecule has 33 heavy (non-hydrogen) atoms. The summed E-state index contributed by atoms with van der Waals surface area (Å²) in [5.74, 6) is 0.0406. The molecular weight excluding hydrogens is 505 g/mol. The van der Waals surface area contributed by atoms with Crippen molar-refractivity contribution in [1.29, 1.82) is 0 Å². The van der Waals surface area contributed by atoms with E-state index in [1.165, 1.54) is 11.8 Å². The Bertz CT molecular complexity index is 1180. The summed E-state index contributed by atoms with van der Waals surface area (Å²) >= 11 is 19.2. The number of carbonyl (C=O) groups is 2. The summed E-state index contributed by atoms with van der Waals surface area (Å²) in [5, 5.41) is 15.9. The standard InChI is InChI=1S/C22H20Cl3N5O2S/c1-3-9-30-20(13(2)26-21(32)14-5-4-6-15(23)10-14)28-29-22(30)33-12-19(31)27-18-11-16(24)7-8-17(18)25/h3-8,10-11,13H,1,9,12H2,2H3,(H,26,32)(H,27,31). The molecule has 172 valence electrons. The molecule has 1 heterocycles. The van der Waals surface area contributed by atoms with E-state index in [1.807, 2.05) is 0 Å². The molecule has 0 aliphatic carbocycles. The van der Waals surface area contributed by atoms with E-state index in [2.05, 4.69) is 27.4 Å². The van der Waals surface area contributed by atoms with Crippen LogP contribution in [0.1, 0.15) is 29.1 Å². The lowest BCUT2D eigenvalue weighted by Crippen LogP contribution is -2.28. The molecule has 0 aliphatic heterocycles. The number of hydrogen-bond donors (Lipinski definition) is 2. The summed E-state index contributed by atoms with van der Waals surface area (Å²) in [4.78, 5) is 25.0. The van der Waals surface area contributed by atoms with Crippen LogP contribution in [0.2, 0.25) is 15.1 Å². The van der Waals surface area contributed by atoms with Gasteiger partial charge in [-0.1, -0.05) is 58.7 Å². The van der Waals surface area contributed by atoms with E-state index in [4.69, 9.17) is 34.8 Å². The first kappa shape index (κ1) is 25.1. The Morgan fingerprint density at radius 1 is 1.15 bits per heavy atom. The van der Waals surface area contributed by atoms with Crippen LogP contribution in [0.25, 0.3) is 0 Å². The number of carbonyl (C=O) groups excluding carboxylic acids is 2. The maximum atomic E-state index is 12.6. The number of aromatic nitrogens is 3. The number of amides is 2. The third kappa shape index (κ3) is 6.74. The highest BCUT2D eigenvalue weighted by molar-refractivity contribution is 7.99. The molecule has 0 saturated heterocycles. The largest absolute Gasteiger partial charge is 0.342 e. The highest BCUT2D eigenvalue weighted by Crippen LogP contribution is 2.26. The Morgan fingerprint density at radius 2 is 1.91 bits per heavy atom. The van der Waals surface area contributed by atoms with E-state index in [9.17, 15) is 9.59 Å². The Labute approximate surface area is 210 Å². The minimum absolute atomic E-state index is 0.0708. The Hall–Kier alpha value is -2.52. The molecule has 0 radical (unpaired) electrons. The van der Waals surface area contributed by atoms with E-state index in [1.54, 1.807) is 60.0 Å². The van der Waals surface area contributed by atoms with Gasteiger partial charge < -0.3 is 15.2 Å². The van der Waals surface area contributed by atoms with Gasteiger partial charge in [0.05, 0.1) is 22.5 Å². The number of nitrogens with zero attached hydrogens (tertiary/aromatic N) is 3. The maximum absolute atomic E-state index is 12.6. The minimum atomic E-state index is -0.447. The average Bonchev–Trinajstić information content (AvgIpc) is 3.18. The van der Waals surface area contributed by atoms with Crippen molar-refractivity contribution in [2.75, 3.05) is 11.1 Å². The van der Waals surface area contributed by atoms with Gasteiger partial charge in [0.1, 0.15) is 0 Å². The molecule has 2 aromatic carbocycles. The van der Waals surface area contributed by atoms with Gasteiger partial charge in [-0.3, -0.25) is 9.59 Å². The summed E-state index contributed by atoms with van der Waals surface area (Å²) in [6, 6.07) is 11.0. The van der Waals surface area contributed by atoms with Crippen molar-refractivity contribution in [2.24, 2.45) is 0 Å². The summed E-state index contributed by atoms with van der Waals surface area (Å²) in [6.45, 7) is 5.98. The number of thioether (sulfide) groups is 1. The van der Waals surface area contributed by atoms with Crippen LogP contribution in [0, 0.1) is 0 Å². The molecular formula is C22H20Cl3N5O2S. The fraction of sp³-hybridized carbons (Fsp3) is 0.182. The Balaban J connectivity index is 1.68. The highest BCUT2D eigenvalue weighted by atomic mass is 35.5. The summed E-state index contributed by atoms with van der Waals surface area (Å²) in [7, 11) is 0. The van der Waals surface area contributed by atoms with Crippen LogP contribution in [-0.4, -0.2) is 32.3 Å². The fourth-order valence-electron chi connectivity index (χ4n) is 2.91. The number of rotatable bonds is 9. The van der Waals surface area contributed by atoms with Gasteiger partial charge in [-0.05, 0) is 43.3 Å². The Morgan fingerprint density at radius 3 is 2.64 bits per heavy atom. The van der Waals surface area contributed by atoms with Gasteiger partial charge in [0.2, 0.25) is 5.91 Å². The number of allylic oxidation sites excluding steroid dienone is 1. The summed E-state index contributed by atoms with van der Waals surface area (Å²) in [5.41, 5.74) is 0.871.